The fraction of sp³-hybridized carbons (Fsp3) is 0.882. The molecule has 0 unspecified atom stereocenters. The molecule has 0 saturated carbocycles. The van der Waals surface area contributed by atoms with Crippen LogP contribution in [0.4, 0.5) is 0 Å². The van der Waals surface area contributed by atoms with Gasteiger partial charge in [-0.1, -0.05) is 20.8 Å². The summed E-state index contributed by atoms with van der Waals surface area (Å²) in [7, 11) is 0. The summed E-state index contributed by atoms with van der Waals surface area (Å²) in [5.74, 6) is 0.540. The van der Waals surface area contributed by atoms with Crippen LogP contribution in [0.2, 0.25) is 0 Å². The summed E-state index contributed by atoms with van der Waals surface area (Å²) in [4.78, 5) is 28.3. The van der Waals surface area contributed by atoms with Gasteiger partial charge in [-0.3, -0.25) is 14.5 Å². The molecule has 2 saturated heterocycles. The van der Waals surface area contributed by atoms with E-state index in [9.17, 15) is 14.7 Å². The highest BCUT2D eigenvalue weighted by atomic mass is 16.3. The van der Waals surface area contributed by atoms with Crippen molar-refractivity contribution < 1.29 is 14.7 Å². The zero-order valence-electron chi connectivity index (χ0n) is 14.2. The summed E-state index contributed by atoms with van der Waals surface area (Å²) in [5.41, 5.74) is -0.530. The van der Waals surface area contributed by atoms with E-state index in [1.807, 2.05) is 13.8 Å². The van der Waals surface area contributed by atoms with E-state index in [4.69, 9.17) is 0 Å². The molecule has 1 N–H and O–H groups in total. The monoisotopic (exact) mass is 310 g/mol. The predicted molar refractivity (Wildman–Crippen MR) is 85.2 cm³/mol. The Kier molecular flexibility index (Phi) is 5.61. The van der Waals surface area contributed by atoms with Crippen LogP contribution in [-0.2, 0) is 9.59 Å². The molecule has 0 aromatic carbocycles. The van der Waals surface area contributed by atoms with Crippen molar-refractivity contribution in [2.45, 2.75) is 59.0 Å². The van der Waals surface area contributed by atoms with Gasteiger partial charge in [0, 0.05) is 13.0 Å². The second-order valence-electron chi connectivity index (χ2n) is 7.11. The number of aliphatic hydroxyl groups excluding tert-OH is 1. The summed E-state index contributed by atoms with van der Waals surface area (Å²) in [6, 6.07) is 0. The highest BCUT2D eigenvalue weighted by Crippen LogP contribution is 2.39. The number of β-amino-alcohol motifs (C(OH)–C–C–N with tert-alkyl or cyclic N) is 1. The minimum atomic E-state index is -0.647. The van der Waals surface area contributed by atoms with E-state index >= 15 is 0 Å². The second-order valence-corrected chi connectivity index (χ2v) is 7.11. The van der Waals surface area contributed by atoms with E-state index in [1.54, 1.807) is 0 Å². The first-order chi connectivity index (χ1) is 10.4. The van der Waals surface area contributed by atoms with Gasteiger partial charge in [-0.2, -0.15) is 0 Å². The molecule has 0 radical (unpaired) electrons. The van der Waals surface area contributed by atoms with Gasteiger partial charge in [-0.25, -0.2) is 0 Å². The molecule has 0 aliphatic carbocycles. The smallest absolute Gasteiger partial charge is 0.235 e. The van der Waals surface area contributed by atoms with Crippen LogP contribution in [0, 0.1) is 11.3 Å². The average molecular weight is 310 g/mol. The Hall–Kier alpha value is -0.940. The molecule has 5 heteroatoms. The fourth-order valence-corrected chi connectivity index (χ4v) is 3.66. The number of carbonyl (C=O) groups is 2. The number of imide groups is 1. The largest absolute Gasteiger partial charge is 0.390 e. The molecule has 126 valence electrons. The molecule has 0 bridgehead atoms. The maximum atomic E-state index is 12.6. The van der Waals surface area contributed by atoms with E-state index in [2.05, 4.69) is 11.8 Å². The zero-order valence-corrected chi connectivity index (χ0v) is 14.2. The van der Waals surface area contributed by atoms with Crippen molar-refractivity contribution in [1.29, 1.82) is 0 Å². The number of hydrogen-bond donors (Lipinski definition) is 1. The van der Waals surface area contributed by atoms with E-state index in [1.165, 1.54) is 4.90 Å². The number of piperidine rings is 1. The maximum Gasteiger partial charge on any atom is 0.235 e. The van der Waals surface area contributed by atoms with Gasteiger partial charge < -0.3 is 10.0 Å². The fourth-order valence-electron chi connectivity index (χ4n) is 3.66. The van der Waals surface area contributed by atoms with Crippen molar-refractivity contribution in [3.05, 3.63) is 0 Å². The third-order valence-corrected chi connectivity index (χ3v) is 5.58. The summed E-state index contributed by atoms with van der Waals surface area (Å²) < 4.78 is 0. The summed E-state index contributed by atoms with van der Waals surface area (Å²) in [6.45, 7) is 8.86. The Labute approximate surface area is 133 Å². The molecule has 0 spiro atoms. The topological polar surface area (TPSA) is 60.9 Å². The minimum absolute atomic E-state index is 0.0891. The van der Waals surface area contributed by atoms with Crippen LogP contribution in [0.15, 0.2) is 0 Å². The van der Waals surface area contributed by atoms with Gasteiger partial charge in [0.05, 0.1) is 18.1 Å². The van der Waals surface area contributed by atoms with Gasteiger partial charge in [0.1, 0.15) is 0 Å². The van der Waals surface area contributed by atoms with E-state index < -0.39 is 11.5 Å². The molecule has 0 aromatic heterocycles. The Morgan fingerprint density at radius 3 is 2.27 bits per heavy atom. The summed E-state index contributed by atoms with van der Waals surface area (Å²) in [5, 5.41) is 10.3. The van der Waals surface area contributed by atoms with Crippen molar-refractivity contribution in [2.24, 2.45) is 11.3 Å². The Morgan fingerprint density at radius 2 is 1.77 bits per heavy atom. The van der Waals surface area contributed by atoms with Gasteiger partial charge in [0.15, 0.2) is 0 Å². The molecular weight excluding hydrogens is 280 g/mol. The van der Waals surface area contributed by atoms with E-state index in [0.717, 1.165) is 31.8 Å². The van der Waals surface area contributed by atoms with Crippen LogP contribution in [0.5, 0.6) is 0 Å². The second kappa shape index (κ2) is 7.09. The minimum Gasteiger partial charge on any atom is -0.390 e. The lowest BCUT2D eigenvalue weighted by Crippen LogP contribution is -2.45. The first kappa shape index (κ1) is 17.4. The number of likely N-dealkylation sites (tertiary alicyclic amines) is 2. The molecular formula is C17H30N2O3. The molecule has 2 heterocycles. The number of nitrogens with zero attached hydrogens (tertiary/aromatic N) is 2. The van der Waals surface area contributed by atoms with Crippen molar-refractivity contribution in [1.82, 2.24) is 9.80 Å². The highest BCUT2D eigenvalue weighted by molar-refractivity contribution is 6.05. The Balaban J connectivity index is 1.90. The molecule has 2 amide bonds. The lowest BCUT2D eigenvalue weighted by Gasteiger charge is -2.32. The lowest BCUT2D eigenvalue weighted by atomic mass is 9.81. The number of aliphatic hydroxyl groups is 1. The van der Waals surface area contributed by atoms with E-state index in [-0.39, 0.29) is 18.4 Å². The number of rotatable bonds is 6. The Bertz CT molecular complexity index is 412. The van der Waals surface area contributed by atoms with Crippen molar-refractivity contribution in [3.8, 4) is 0 Å². The maximum absolute atomic E-state index is 12.6. The van der Waals surface area contributed by atoms with Crippen molar-refractivity contribution in [3.63, 3.8) is 0 Å². The van der Waals surface area contributed by atoms with E-state index in [0.29, 0.717) is 25.8 Å². The van der Waals surface area contributed by atoms with Crippen LogP contribution >= 0.6 is 0 Å². The number of amides is 2. The summed E-state index contributed by atoms with van der Waals surface area (Å²) >= 11 is 0. The third kappa shape index (κ3) is 3.51. The van der Waals surface area contributed by atoms with Gasteiger partial charge in [-0.05, 0) is 44.7 Å². The van der Waals surface area contributed by atoms with Crippen LogP contribution in [0.3, 0.4) is 0 Å². The van der Waals surface area contributed by atoms with Crippen LogP contribution in [0.1, 0.15) is 52.9 Å². The highest BCUT2D eigenvalue weighted by Gasteiger charge is 2.49. The van der Waals surface area contributed by atoms with Gasteiger partial charge in [0.25, 0.3) is 0 Å². The average Bonchev–Trinajstić information content (AvgIpc) is 2.74. The SMILES string of the molecule is CCC1(CC)CC(=O)N(C[C@H](O)CN2CCC(C)CC2)C1=O. The Morgan fingerprint density at radius 1 is 1.18 bits per heavy atom. The molecule has 2 aliphatic heterocycles. The molecule has 5 nitrogen and oxygen atoms in total. The molecule has 1 atom stereocenters. The van der Waals surface area contributed by atoms with Crippen LogP contribution < -0.4 is 0 Å². The number of carbonyl (C=O) groups excluding carboxylic acids is 2. The molecule has 0 aromatic rings. The predicted octanol–water partition coefficient (Wildman–Crippen LogP) is 1.64. The lowest BCUT2D eigenvalue weighted by molar-refractivity contribution is -0.143. The van der Waals surface area contributed by atoms with Crippen molar-refractivity contribution in [2.75, 3.05) is 26.2 Å². The van der Waals surface area contributed by atoms with Crippen LogP contribution in [0.25, 0.3) is 0 Å². The first-order valence-electron chi connectivity index (χ1n) is 8.67. The van der Waals surface area contributed by atoms with Crippen LogP contribution in [-0.4, -0.2) is 59.0 Å². The number of hydrogen-bond acceptors (Lipinski definition) is 4. The molecule has 22 heavy (non-hydrogen) atoms. The van der Waals surface area contributed by atoms with Gasteiger partial charge in [0.2, 0.25) is 11.8 Å². The quantitative estimate of drug-likeness (QED) is 0.758. The molecule has 2 aliphatic rings. The first-order valence-corrected chi connectivity index (χ1v) is 8.67. The van der Waals surface area contributed by atoms with Gasteiger partial charge in [-0.15, -0.1) is 0 Å². The third-order valence-electron chi connectivity index (χ3n) is 5.58. The normalized spacial score (nSPS) is 25.0. The zero-order chi connectivity index (χ0) is 16.3. The van der Waals surface area contributed by atoms with Gasteiger partial charge >= 0.3 is 0 Å². The molecule has 2 fully saturated rings. The standard InChI is InChI=1S/C17H30N2O3/c1-4-17(5-2)10-15(21)19(16(17)22)12-14(20)11-18-8-6-13(3)7-9-18/h13-14,20H,4-12H2,1-3H3/t14-/m1/s1. The van der Waals surface area contributed by atoms with Crippen molar-refractivity contribution >= 4 is 11.8 Å². The molecule has 2 rings (SSSR count). The summed E-state index contributed by atoms with van der Waals surface area (Å²) in [6.07, 6.45) is 3.33.